The smallest absolute Gasteiger partial charge is 0.310 e. The van der Waals surface area contributed by atoms with Gasteiger partial charge in [0.05, 0.1) is 25.7 Å². The second-order valence-corrected chi connectivity index (χ2v) is 3.41. The summed E-state index contributed by atoms with van der Waals surface area (Å²) < 4.78 is 35.2. The van der Waals surface area contributed by atoms with Crippen molar-refractivity contribution < 1.29 is 23.0 Å². The van der Waals surface area contributed by atoms with Crippen LogP contribution in [-0.2, 0) is 16.0 Å². The number of hydrogen-bond acceptors (Lipinski definition) is 5. The number of hydrogen-bond donors (Lipinski definition) is 1. The zero-order valence-electron chi connectivity index (χ0n) is 10.1. The van der Waals surface area contributed by atoms with Gasteiger partial charge in [0, 0.05) is 6.07 Å². The third kappa shape index (κ3) is 3.28. The van der Waals surface area contributed by atoms with E-state index in [2.05, 4.69) is 4.98 Å². The largest absolute Gasteiger partial charge is 0.481 e. The maximum atomic E-state index is 12.8. The van der Waals surface area contributed by atoms with Gasteiger partial charge in [-0.05, 0) is 12.5 Å². The maximum Gasteiger partial charge on any atom is 0.310 e. The number of nitrogen functional groups attached to an aromatic ring is 1. The Balaban J connectivity index is 3.13. The van der Waals surface area contributed by atoms with Crippen molar-refractivity contribution in [2.45, 2.75) is 19.8 Å². The lowest BCUT2D eigenvalue weighted by Gasteiger charge is -2.12. The molecule has 1 aromatic heterocycles. The van der Waals surface area contributed by atoms with Crippen LogP contribution in [0.4, 0.5) is 14.6 Å². The summed E-state index contributed by atoms with van der Waals surface area (Å²) in [6.45, 7) is 1.81. The number of carbonyl (C=O) groups excluding carboxylic acids is 1. The van der Waals surface area contributed by atoms with E-state index < -0.39 is 18.0 Å². The van der Waals surface area contributed by atoms with Gasteiger partial charge in [0.1, 0.15) is 5.82 Å². The first-order chi connectivity index (χ1) is 8.49. The number of ether oxygens (including phenoxy) is 2. The molecule has 0 bridgehead atoms. The van der Waals surface area contributed by atoms with Gasteiger partial charge >= 0.3 is 5.97 Å². The second-order valence-electron chi connectivity index (χ2n) is 3.41. The number of carbonyl (C=O) groups is 1. The van der Waals surface area contributed by atoms with Gasteiger partial charge in [0.2, 0.25) is 5.88 Å². The Kier molecular flexibility index (Phi) is 4.82. The summed E-state index contributed by atoms with van der Waals surface area (Å²) in [6.07, 6.45) is -3.11. The van der Waals surface area contributed by atoms with Crippen LogP contribution in [0.15, 0.2) is 6.07 Å². The van der Waals surface area contributed by atoms with Gasteiger partial charge in [-0.25, -0.2) is 8.78 Å². The van der Waals surface area contributed by atoms with E-state index >= 15 is 0 Å². The summed E-state index contributed by atoms with van der Waals surface area (Å²) in [7, 11) is 1.33. The van der Waals surface area contributed by atoms with Crippen molar-refractivity contribution in [1.29, 1.82) is 0 Å². The molecule has 1 aromatic rings. The molecule has 0 saturated heterocycles. The van der Waals surface area contributed by atoms with Crippen molar-refractivity contribution in [3.05, 3.63) is 17.2 Å². The second kappa shape index (κ2) is 6.13. The third-order valence-corrected chi connectivity index (χ3v) is 2.22. The molecule has 0 unspecified atom stereocenters. The quantitative estimate of drug-likeness (QED) is 0.816. The van der Waals surface area contributed by atoms with Crippen LogP contribution in [0.3, 0.4) is 0 Å². The number of nitrogens with two attached hydrogens (primary N) is 1. The monoisotopic (exact) mass is 260 g/mol. The molecule has 0 amide bonds. The van der Waals surface area contributed by atoms with E-state index in [4.69, 9.17) is 15.2 Å². The van der Waals surface area contributed by atoms with Crippen molar-refractivity contribution in [3.63, 3.8) is 0 Å². The van der Waals surface area contributed by atoms with Crippen molar-refractivity contribution in [2.24, 2.45) is 0 Å². The minimum atomic E-state index is -2.81. The highest BCUT2D eigenvalue weighted by Crippen LogP contribution is 2.30. The van der Waals surface area contributed by atoms with Crippen molar-refractivity contribution in [2.75, 3.05) is 19.5 Å². The summed E-state index contributed by atoms with van der Waals surface area (Å²) in [5.74, 6) is -0.869. The normalized spacial score (nSPS) is 10.5. The average Bonchev–Trinajstić information content (AvgIpc) is 2.27. The topological polar surface area (TPSA) is 74.4 Å². The fraction of sp³-hybridized carbons (Fsp3) is 0.455. The van der Waals surface area contributed by atoms with Crippen molar-refractivity contribution in [3.8, 4) is 5.88 Å². The molecule has 0 spiro atoms. The van der Waals surface area contributed by atoms with E-state index in [1.165, 1.54) is 13.2 Å². The summed E-state index contributed by atoms with van der Waals surface area (Å²) >= 11 is 0. The van der Waals surface area contributed by atoms with E-state index in [0.717, 1.165) is 0 Å². The molecule has 0 atom stereocenters. The van der Waals surface area contributed by atoms with Crippen molar-refractivity contribution in [1.82, 2.24) is 4.98 Å². The molecule has 0 fully saturated rings. The zero-order valence-corrected chi connectivity index (χ0v) is 10.1. The fourth-order valence-electron chi connectivity index (χ4n) is 1.47. The van der Waals surface area contributed by atoms with Gasteiger partial charge in [-0.2, -0.15) is 4.98 Å². The van der Waals surface area contributed by atoms with Gasteiger partial charge in [-0.15, -0.1) is 0 Å². The Hall–Kier alpha value is -1.92. The van der Waals surface area contributed by atoms with Gasteiger partial charge in [-0.3, -0.25) is 4.79 Å². The first kappa shape index (κ1) is 14.1. The highest BCUT2D eigenvalue weighted by atomic mass is 19.3. The Bertz CT molecular complexity index is 439. The number of anilines is 1. The van der Waals surface area contributed by atoms with Crippen LogP contribution in [0.25, 0.3) is 0 Å². The van der Waals surface area contributed by atoms with Gasteiger partial charge in [-0.1, -0.05) is 0 Å². The lowest BCUT2D eigenvalue weighted by atomic mass is 10.1. The van der Waals surface area contributed by atoms with Gasteiger partial charge in [0.15, 0.2) is 0 Å². The van der Waals surface area contributed by atoms with E-state index in [0.29, 0.717) is 0 Å². The zero-order chi connectivity index (χ0) is 13.7. The highest BCUT2D eigenvalue weighted by Gasteiger charge is 2.21. The number of esters is 1. The van der Waals surface area contributed by atoms with Crippen LogP contribution < -0.4 is 10.5 Å². The predicted octanol–water partition coefficient (Wildman–Crippen LogP) is 1.72. The molecule has 0 aromatic carbocycles. The lowest BCUT2D eigenvalue weighted by molar-refractivity contribution is -0.142. The highest BCUT2D eigenvalue weighted by molar-refractivity contribution is 5.74. The number of nitrogens with zero attached hydrogens (tertiary/aromatic N) is 1. The third-order valence-electron chi connectivity index (χ3n) is 2.22. The Morgan fingerprint density at radius 3 is 2.72 bits per heavy atom. The molecule has 0 aliphatic rings. The molecule has 7 heteroatoms. The van der Waals surface area contributed by atoms with Gasteiger partial charge < -0.3 is 15.2 Å². The minimum Gasteiger partial charge on any atom is -0.481 e. The van der Waals surface area contributed by atoms with Crippen molar-refractivity contribution >= 4 is 11.8 Å². The molecule has 1 heterocycles. The average molecular weight is 260 g/mol. The summed E-state index contributed by atoms with van der Waals surface area (Å²) in [5, 5.41) is 0. The molecular formula is C11H14F2N2O3. The van der Waals surface area contributed by atoms with Crippen LogP contribution in [0.1, 0.15) is 24.5 Å². The van der Waals surface area contributed by atoms with E-state index in [-0.39, 0.29) is 30.3 Å². The fourth-order valence-corrected chi connectivity index (χ4v) is 1.47. The van der Waals surface area contributed by atoms with E-state index in [1.807, 2.05) is 0 Å². The van der Waals surface area contributed by atoms with Crippen LogP contribution in [0.2, 0.25) is 0 Å². The number of rotatable bonds is 5. The number of alkyl halides is 2. The molecule has 18 heavy (non-hydrogen) atoms. The number of aromatic nitrogens is 1. The predicted molar refractivity (Wildman–Crippen MR) is 60.5 cm³/mol. The number of pyridine rings is 1. The molecule has 100 valence electrons. The number of halogens is 2. The number of methoxy groups -OCH3 is 1. The summed E-state index contributed by atoms with van der Waals surface area (Å²) in [4.78, 5) is 15.0. The van der Waals surface area contributed by atoms with E-state index in [9.17, 15) is 13.6 Å². The molecule has 0 aliphatic heterocycles. The van der Waals surface area contributed by atoms with Crippen LogP contribution in [0, 0.1) is 0 Å². The Morgan fingerprint density at radius 1 is 1.56 bits per heavy atom. The van der Waals surface area contributed by atoms with Crippen LogP contribution in [-0.4, -0.2) is 24.7 Å². The molecular weight excluding hydrogens is 246 g/mol. The maximum absolute atomic E-state index is 12.8. The molecule has 1 rings (SSSR count). The van der Waals surface area contributed by atoms with E-state index in [1.54, 1.807) is 6.92 Å². The summed E-state index contributed by atoms with van der Waals surface area (Å²) in [5.41, 5.74) is 5.03. The SMILES string of the molecule is CCOC(=O)Cc1cc(OC)nc(N)c1C(F)F. The standard InChI is InChI=1S/C11H14F2N2O3/c1-3-18-8(16)5-6-4-7(17-2)15-11(14)9(6)10(12)13/h4,10H,3,5H2,1-2H3,(H2,14,15). The molecule has 5 nitrogen and oxygen atoms in total. The molecule has 2 N–H and O–H groups in total. The lowest BCUT2D eigenvalue weighted by Crippen LogP contribution is -2.12. The Labute approximate surface area is 103 Å². The first-order valence-corrected chi connectivity index (χ1v) is 5.26. The summed E-state index contributed by atoms with van der Waals surface area (Å²) in [6, 6.07) is 1.26. The Morgan fingerprint density at radius 2 is 2.22 bits per heavy atom. The van der Waals surface area contributed by atoms with Crippen LogP contribution >= 0.6 is 0 Å². The van der Waals surface area contributed by atoms with Gasteiger partial charge in [0.25, 0.3) is 6.43 Å². The van der Waals surface area contributed by atoms with Crippen LogP contribution in [0.5, 0.6) is 5.88 Å². The molecule has 0 radical (unpaired) electrons. The first-order valence-electron chi connectivity index (χ1n) is 5.26. The molecule has 0 aliphatic carbocycles. The molecule has 0 saturated carbocycles. The minimum absolute atomic E-state index is 0.0628.